The van der Waals surface area contributed by atoms with Gasteiger partial charge in [0.2, 0.25) is 5.91 Å². The molecule has 0 aliphatic rings. The van der Waals surface area contributed by atoms with Gasteiger partial charge >= 0.3 is 11.9 Å². The first-order valence-corrected chi connectivity index (χ1v) is 12.3. The summed E-state index contributed by atoms with van der Waals surface area (Å²) in [6, 6.07) is -1.05. The molecule has 0 aliphatic heterocycles. The zero-order valence-corrected chi connectivity index (χ0v) is 20.1. The number of unbranched alkanes of at least 4 members (excludes halogenated alkanes) is 7. The van der Waals surface area contributed by atoms with E-state index in [-0.39, 0.29) is 37.4 Å². The van der Waals surface area contributed by atoms with Gasteiger partial charge in [0.1, 0.15) is 11.8 Å². The van der Waals surface area contributed by atoms with Gasteiger partial charge in [0.05, 0.1) is 13.2 Å². The molecule has 0 fully saturated rings. The number of amides is 1. The van der Waals surface area contributed by atoms with Crippen molar-refractivity contribution in [2.45, 2.75) is 103 Å². The highest BCUT2D eigenvalue weighted by Gasteiger charge is 2.20. The number of ketones is 1. The van der Waals surface area contributed by atoms with Gasteiger partial charge in [-0.2, -0.15) is 0 Å². The fourth-order valence-electron chi connectivity index (χ4n) is 3.31. The third-order valence-corrected chi connectivity index (χ3v) is 5.21. The first-order chi connectivity index (χ1) is 15.9. The van der Waals surface area contributed by atoms with Gasteiger partial charge in [0.15, 0.2) is 0 Å². The average Bonchev–Trinajstić information content (AvgIpc) is 2.76. The summed E-state index contributed by atoms with van der Waals surface area (Å²) in [5.74, 6) is -2.21. The second-order valence-corrected chi connectivity index (χ2v) is 8.17. The Kier molecular flexibility index (Phi) is 20.5. The fourth-order valence-corrected chi connectivity index (χ4v) is 3.31. The molecule has 0 saturated heterocycles. The Labute approximate surface area is 197 Å². The van der Waals surface area contributed by atoms with E-state index in [1.807, 2.05) is 6.92 Å². The SMILES string of the molecule is CCOCCOCCCC(=O)CC[C@H](NC(=O)CCCCCCCCCCC(=O)O)C(=O)O. The highest BCUT2D eigenvalue weighted by molar-refractivity contribution is 5.84. The first-order valence-electron chi connectivity index (χ1n) is 12.3. The number of Topliss-reactive ketones (excluding diaryl/α,β-unsaturated/α-hetero) is 1. The van der Waals surface area contributed by atoms with Crippen molar-refractivity contribution in [3.8, 4) is 0 Å². The number of hydrogen-bond donors (Lipinski definition) is 3. The van der Waals surface area contributed by atoms with Crippen LogP contribution in [0, 0.1) is 0 Å². The number of nitrogens with one attached hydrogen (secondary N) is 1. The summed E-state index contributed by atoms with van der Waals surface area (Å²) < 4.78 is 10.5. The lowest BCUT2D eigenvalue weighted by atomic mass is 10.0. The zero-order chi connectivity index (χ0) is 24.7. The molecule has 0 radical (unpaired) electrons. The van der Waals surface area contributed by atoms with E-state index in [0.29, 0.717) is 45.7 Å². The van der Waals surface area contributed by atoms with Crippen LogP contribution >= 0.6 is 0 Å². The summed E-state index contributed by atoms with van der Waals surface area (Å²) in [6.07, 6.45) is 8.97. The zero-order valence-electron chi connectivity index (χ0n) is 20.1. The van der Waals surface area contributed by atoms with E-state index in [2.05, 4.69) is 5.32 Å². The summed E-state index contributed by atoms with van der Waals surface area (Å²) in [7, 11) is 0. The van der Waals surface area contributed by atoms with Crippen LogP contribution in [0.1, 0.15) is 96.8 Å². The summed E-state index contributed by atoms with van der Waals surface area (Å²) in [4.78, 5) is 45.8. The van der Waals surface area contributed by atoms with Gasteiger partial charge in [-0.1, -0.05) is 38.5 Å². The number of carbonyl (C=O) groups is 4. The van der Waals surface area contributed by atoms with Crippen molar-refractivity contribution in [1.29, 1.82) is 0 Å². The van der Waals surface area contributed by atoms with E-state index in [1.54, 1.807) is 0 Å². The Bertz CT molecular complexity index is 553. The number of rotatable bonds is 24. The Balaban J connectivity index is 3.79. The molecule has 0 unspecified atom stereocenters. The molecule has 9 nitrogen and oxygen atoms in total. The molecule has 0 rings (SSSR count). The maximum Gasteiger partial charge on any atom is 0.326 e. The number of carboxylic acid groups (broad SMARTS) is 2. The molecule has 0 aromatic carbocycles. The molecule has 192 valence electrons. The van der Waals surface area contributed by atoms with Gasteiger partial charge in [-0.05, 0) is 32.6 Å². The van der Waals surface area contributed by atoms with Gasteiger partial charge in [0.25, 0.3) is 0 Å². The molecular formula is C24H43NO8. The lowest BCUT2D eigenvalue weighted by Gasteiger charge is -2.14. The summed E-state index contributed by atoms with van der Waals surface area (Å²) >= 11 is 0. The van der Waals surface area contributed by atoms with Gasteiger partial charge in [0, 0.05) is 38.9 Å². The van der Waals surface area contributed by atoms with E-state index >= 15 is 0 Å². The van der Waals surface area contributed by atoms with Crippen molar-refractivity contribution in [3.05, 3.63) is 0 Å². The highest BCUT2D eigenvalue weighted by Crippen LogP contribution is 2.11. The van der Waals surface area contributed by atoms with Crippen molar-refractivity contribution in [3.63, 3.8) is 0 Å². The molecule has 0 aliphatic carbocycles. The van der Waals surface area contributed by atoms with Crippen LogP contribution in [-0.4, -0.2) is 66.3 Å². The minimum Gasteiger partial charge on any atom is -0.481 e. The maximum atomic E-state index is 12.0. The van der Waals surface area contributed by atoms with Gasteiger partial charge < -0.3 is 25.0 Å². The van der Waals surface area contributed by atoms with E-state index in [4.69, 9.17) is 14.6 Å². The van der Waals surface area contributed by atoms with Crippen LogP contribution in [0.25, 0.3) is 0 Å². The number of ether oxygens (including phenoxy) is 2. The Hall–Kier alpha value is -2.00. The van der Waals surface area contributed by atoms with Crippen LogP contribution in [0.3, 0.4) is 0 Å². The molecule has 0 aromatic rings. The minimum absolute atomic E-state index is 0.0353. The molecule has 9 heteroatoms. The molecule has 0 saturated carbocycles. The quantitative estimate of drug-likeness (QED) is 0.180. The Morgan fingerprint density at radius 2 is 1.27 bits per heavy atom. The summed E-state index contributed by atoms with van der Waals surface area (Å²) in [5.41, 5.74) is 0. The molecule has 0 aromatic heterocycles. The molecule has 3 N–H and O–H groups in total. The molecule has 0 spiro atoms. The summed E-state index contributed by atoms with van der Waals surface area (Å²) in [5, 5.41) is 20.4. The Morgan fingerprint density at radius 1 is 0.697 bits per heavy atom. The van der Waals surface area contributed by atoms with E-state index in [1.165, 1.54) is 0 Å². The molecule has 1 amide bonds. The largest absolute Gasteiger partial charge is 0.481 e. The number of carbonyl (C=O) groups excluding carboxylic acids is 2. The Morgan fingerprint density at radius 3 is 1.85 bits per heavy atom. The second kappa shape index (κ2) is 21.8. The minimum atomic E-state index is -1.13. The van der Waals surface area contributed by atoms with Crippen LogP contribution in [0.5, 0.6) is 0 Å². The van der Waals surface area contributed by atoms with E-state index < -0.39 is 18.0 Å². The average molecular weight is 474 g/mol. The maximum absolute atomic E-state index is 12.0. The van der Waals surface area contributed by atoms with Crippen molar-refractivity contribution >= 4 is 23.6 Å². The molecule has 1 atom stereocenters. The standard InChI is InChI=1S/C24H43NO8/c1-2-32-18-19-33-17-11-12-20(26)15-16-21(24(30)31)25-22(27)13-9-7-5-3-4-6-8-10-14-23(28)29/h21H,2-19H2,1H3,(H,25,27)(H,28,29)(H,30,31)/t21-/m0/s1. The van der Waals surface area contributed by atoms with E-state index in [0.717, 1.165) is 44.9 Å². The molecule has 0 bridgehead atoms. The van der Waals surface area contributed by atoms with Crippen LogP contribution < -0.4 is 5.32 Å². The van der Waals surface area contributed by atoms with Crippen molar-refractivity contribution in [2.24, 2.45) is 0 Å². The molecule has 33 heavy (non-hydrogen) atoms. The van der Waals surface area contributed by atoms with Crippen molar-refractivity contribution in [2.75, 3.05) is 26.4 Å². The van der Waals surface area contributed by atoms with Crippen LogP contribution in [-0.2, 0) is 28.7 Å². The molecular weight excluding hydrogens is 430 g/mol. The normalized spacial score (nSPS) is 11.8. The van der Waals surface area contributed by atoms with E-state index in [9.17, 15) is 24.3 Å². The lowest BCUT2D eigenvalue weighted by molar-refractivity contribution is -0.142. The predicted molar refractivity (Wildman–Crippen MR) is 124 cm³/mol. The highest BCUT2D eigenvalue weighted by atomic mass is 16.5. The second-order valence-electron chi connectivity index (χ2n) is 8.17. The smallest absolute Gasteiger partial charge is 0.326 e. The fraction of sp³-hybridized carbons (Fsp3) is 0.833. The number of aliphatic carboxylic acids is 2. The van der Waals surface area contributed by atoms with Crippen molar-refractivity contribution in [1.82, 2.24) is 5.32 Å². The van der Waals surface area contributed by atoms with Crippen LogP contribution in [0.2, 0.25) is 0 Å². The van der Waals surface area contributed by atoms with Gasteiger partial charge in [-0.3, -0.25) is 14.4 Å². The number of hydrogen-bond acceptors (Lipinski definition) is 6. The van der Waals surface area contributed by atoms with Gasteiger partial charge in [-0.25, -0.2) is 4.79 Å². The van der Waals surface area contributed by atoms with Crippen LogP contribution in [0.4, 0.5) is 0 Å². The summed E-state index contributed by atoms with van der Waals surface area (Å²) in [6.45, 7) is 4.03. The monoisotopic (exact) mass is 473 g/mol. The third-order valence-electron chi connectivity index (χ3n) is 5.21. The predicted octanol–water partition coefficient (Wildman–Crippen LogP) is 3.72. The third kappa shape index (κ3) is 21.6. The lowest BCUT2D eigenvalue weighted by Crippen LogP contribution is -2.41. The van der Waals surface area contributed by atoms with Gasteiger partial charge in [-0.15, -0.1) is 0 Å². The first kappa shape index (κ1) is 31.0. The topological polar surface area (TPSA) is 139 Å². The van der Waals surface area contributed by atoms with Crippen LogP contribution in [0.15, 0.2) is 0 Å². The number of carboxylic acids is 2. The molecule has 0 heterocycles. The van der Waals surface area contributed by atoms with Crippen molar-refractivity contribution < 1.29 is 38.9 Å².